The van der Waals surface area contributed by atoms with Crippen molar-refractivity contribution < 1.29 is 10.2 Å². The maximum atomic E-state index is 10.5. The first kappa shape index (κ1) is 14.5. The van der Waals surface area contributed by atoms with Gasteiger partial charge in [-0.15, -0.1) is 0 Å². The highest BCUT2D eigenvalue weighted by Crippen LogP contribution is 2.66. The third-order valence-electron chi connectivity index (χ3n) is 8.59. The topological polar surface area (TPSA) is 40.5 Å². The predicted molar refractivity (Wildman–Crippen MR) is 83.7 cm³/mol. The Labute approximate surface area is 129 Å². The number of aliphatic hydroxyl groups is 2. The molecule has 0 aliphatic heterocycles. The number of aliphatic hydroxyl groups excluding tert-OH is 2. The Morgan fingerprint density at radius 2 is 1.48 bits per heavy atom. The largest absolute Gasteiger partial charge is 0.393 e. The van der Waals surface area contributed by atoms with Gasteiger partial charge in [-0.1, -0.05) is 13.8 Å². The molecule has 0 amide bonds. The highest BCUT2D eigenvalue weighted by Gasteiger charge is 2.59. The quantitative estimate of drug-likeness (QED) is 0.714. The monoisotopic (exact) mass is 292 g/mol. The number of hydrogen-bond acceptors (Lipinski definition) is 2. The van der Waals surface area contributed by atoms with Crippen molar-refractivity contribution in [2.24, 2.45) is 34.5 Å². The first-order valence-corrected chi connectivity index (χ1v) is 9.31. The Morgan fingerprint density at radius 3 is 2.29 bits per heavy atom. The minimum absolute atomic E-state index is 0.0400. The van der Waals surface area contributed by atoms with Crippen molar-refractivity contribution >= 4 is 0 Å². The minimum atomic E-state index is -0.0536. The van der Waals surface area contributed by atoms with Crippen LogP contribution in [-0.4, -0.2) is 22.4 Å². The number of hydrogen-bond donors (Lipinski definition) is 2. The fourth-order valence-corrected chi connectivity index (χ4v) is 7.21. The Balaban J connectivity index is 1.62. The van der Waals surface area contributed by atoms with Crippen molar-refractivity contribution in [3.63, 3.8) is 0 Å². The van der Waals surface area contributed by atoms with E-state index in [0.717, 1.165) is 42.9 Å². The molecule has 0 saturated heterocycles. The average Bonchev–Trinajstić information content (AvgIpc) is 2.76. The van der Waals surface area contributed by atoms with Crippen LogP contribution in [0, 0.1) is 34.5 Å². The molecule has 4 saturated carbocycles. The van der Waals surface area contributed by atoms with Crippen molar-refractivity contribution in [3.8, 4) is 0 Å². The van der Waals surface area contributed by atoms with E-state index in [9.17, 15) is 10.2 Å². The normalized spacial score (nSPS) is 60.0. The summed E-state index contributed by atoms with van der Waals surface area (Å²) in [6.07, 6.45) is 10.7. The molecule has 0 spiro atoms. The summed E-state index contributed by atoms with van der Waals surface area (Å²) in [7, 11) is 0. The lowest BCUT2D eigenvalue weighted by Crippen LogP contribution is -2.54. The zero-order valence-corrected chi connectivity index (χ0v) is 13.7. The fourth-order valence-electron chi connectivity index (χ4n) is 7.21. The molecule has 2 unspecified atom stereocenters. The fraction of sp³-hybridized carbons (Fsp3) is 1.00. The van der Waals surface area contributed by atoms with Crippen molar-refractivity contribution in [2.75, 3.05) is 0 Å². The van der Waals surface area contributed by atoms with Crippen molar-refractivity contribution in [2.45, 2.75) is 83.8 Å². The molecule has 120 valence electrons. The lowest BCUT2D eigenvalue weighted by molar-refractivity contribution is -0.133. The third-order valence-corrected chi connectivity index (χ3v) is 8.59. The van der Waals surface area contributed by atoms with Gasteiger partial charge < -0.3 is 10.2 Å². The summed E-state index contributed by atoms with van der Waals surface area (Å²) in [6.45, 7) is 4.90. The molecular weight excluding hydrogens is 260 g/mol. The van der Waals surface area contributed by atoms with Crippen LogP contribution in [0.4, 0.5) is 0 Å². The first-order chi connectivity index (χ1) is 9.95. The van der Waals surface area contributed by atoms with Gasteiger partial charge in [0.2, 0.25) is 0 Å². The van der Waals surface area contributed by atoms with E-state index in [1.807, 2.05) is 0 Å². The highest BCUT2D eigenvalue weighted by molar-refractivity contribution is 5.09. The molecule has 4 rings (SSSR count). The summed E-state index contributed by atoms with van der Waals surface area (Å²) in [5, 5.41) is 20.5. The lowest BCUT2D eigenvalue weighted by atomic mass is 9.45. The van der Waals surface area contributed by atoms with Gasteiger partial charge in [-0.05, 0) is 92.3 Å². The van der Waals surface area contributed by atoms with E-state index in [1.54, 1.807) is 0 Å². The summed E-state index contributed by atoms with van der Waals surface area (Å²) in [6, 6.07) is 0. The van der Waals surface area contributed by atoms with Gasteiger partial charge in [-0.25, -0.2) is 0 Å². The molecule has 4 aliphatic rings. The van der Waals surface area contributed by atoms with Gasteiger partial charge >= 0.3 is 0 Å². The SMILES string of the molecule is C[C@]12CCC3[C@@H](CC[C@H]4C[C@H](O)CC[C@]34C)C1CC[C@@H]2O. The summed E-state index contributed by atoms with van der Waals surface area (Å²) in [5.41, 5.74) is 0.676. The van der Waals surface area contributed by atoms with Crippen molar-refractivity contribution in [3.05, 3.63) is 0 Å². The zero-order chi connectivity index (χ0) is 14.8. The second-order valence-electron chi connectivity index (χ2n) is 9.22. The van der Waals surface area contributed by atoms with Crippen LogP contribution >= 0.6 is 0 Å². The van der Waals surface area contributed by atoms with Gasteiger partial charge in [0.05, 0.1) is 12.2 Å². The van der Waals surface area contributed by atoms with Gasteiger partial charge in [0.25, 0.3) is 0 Å². The molecule has 4 aliphatic carbocycles. The van der Waals surface area contributed by atoms with Gasteiger partial charge in [0.1, 0.15) is 0 Å². The Kier molecular flexibility index (Phi) is 3.25. The van der Waals surface area contributed by atoms with Crippen LogP contribution in [-0.2, 0) is 0 Å². The minimum Gasteiger partial charge on any atom is -0.393 e. The molecular formula is C19H32O2. The summed E-state index contributed by atoms with van der Waals surface area (Å²) in [5.74, 6) is 3.21. The van der Waals surface area contributed by atoms with Crippen LogP contribution < -0.4 is 0 Å². The van der Waals surface area contributed by atoms with Gasteiger partial charge in [-0.2, -0.15) is 0 Å². The zero-order valence-electron chi connectivity index (χ0n) is 13.7. The molecule has 0 aromatic carbocycles. The summed E-state index contributed by atoms with van der Waals surface area (Å²) in [4.78, 5) is 0. The first-order valence-electron chi connectivity index (χ1n) is 9.31. The number of fused-ring (bicyclic) bond motifs is 5. The van der Waals surface area contributed by atoms with Crippen LogP contribution in [0.5, 0.6) is 0 Å². The van der Waals surface area contributed by atoms with Crippen molar-refractivity contribution in [1.29, 1.82) is 0 Å². The Bertz CT molecular complexity index is 422. The maximum Gasteiger partial charge on any atom is 0.0596 e. The van der Waals surface area contributed by atoms with E-state index in [-0.39, 0.29) is 17.6 Å². The van der Waals surface area contributed by atoms with E-state index in [0.29, 0.717) is 5.41 Å². The maximum absolute atomic E-state index is 10.5. The average molecular weight is 292 g/mol. The molecule has 0 heterocycles. The predicted octanol–water partition coefficient (Wildman–Crippen LogP) is 3.75. The van der Waals surface area contributed by atoms with Crippen LogP contribution in [0.3, 0.4) is 0 Å². The molecule has 8 atom stereocenters. The van der Waals surface area contributed by atoms with E-state index < -0.39 is 0 Å². The smallest absolute Gasteiger partial charge is 0.0596 e. The van der Waals surface area contributed by atoms with E-state index in [1.165, 1.54) is 38.5 Å². The molecule has 0 aromatic heterocycles. The summed E-state index contributed by atoms with van der Waals surface area (Å²) < 4.78 is 0. The molecule has 0 radical (unpaired) electrons. The molecule has 0 bridgehead atoms. The van der Waals surface area contributed by atoms with Crippen LogP contribution in [0.1, 0.15) is 71.6 Å². The van der Waals surface area contributed by atoms with Gasteiger partial charge in [0, 0.05) is 0 Å². The molecule has 2 heteroatoms. The van der Waals surface area contributed by atoms with Gasteiger partial charge in [-0.3, -0.25) is 0 Å². The third kappa shape index (κ3) is 1.91. The lowest BCUT2D eigenvalue weighted by Gasteiger charge is -2.60. The molecule has 21 heavy (non-hydrogen) atoms. The second-order valence-corrected chi connectivity index (χ2v) is 9.22. The van der Waals surface area contributed by atoms with Crippen molar-refractivity contribution in [1.82, 2.24) is 0 Å². The van der Waals surface area contributed by atoms with Gasteiger partial charge in [0.15, 0.2) is 0 Å². The highest BCUT2D eigenvalue weighted by atomic mass is 16.3. The van der Waals surface area contributed by atoms with E-state index >= 15 is 0 Å². The Morgan fingerprint density at radius 1 is 0.762 bits per heavy atom. The number of rotatable bonds is 0. The molecule has 2 N–H and O–H groups in total. The van der Waals surface area contributed by atoms with Crippen LogP contribution in [0.25, 0.3) is 0 Å². The van der Waals surface area contributed by atoms with Crippen LogP contribution in [0.2, 0.25) is 0 Å². The van der Waals surface area contributed by atoms with E-state index in [2.05, 4.69) is 13.8 Å². The molecule has 2 nitrogen and oxygen atoms in total. The Hall–Kier alpha value is -0.0800. The standard InChI is InChI=1S/C19H32O2/c1-18-9-7-13(20)11-12(18)3-4-14-15-5-6-17(21)19(15,2)10-8-16(14)18/h12-17,20-21H,3-11H2,1-2H3/t12-,13+,14-,15?,16?,17-,18-,19-/m0/s1. The summed E-state index contributed by atoms with van der Waals surface area (Å²) >= 11 is 0. The second kappa shape index (κ2) is 4.71. The van der Waals surface area contributed by atoms with Crippen LogP contribution in [0.15, 0.2) is 0 Å². The molecule has 0 aromatic rings. The van der Waals surface area contributed by atoms with E-state index in [4.69, 9.17) is 0 Å². The molecule has 4 fully saturated rings.